The standard InChI is InChI=1S/C6H4F5S.BrH.Mg/c7-12(8,9,10,11)6-4-2-1-3-5-6;;/h1-2,4-5H;1H;/q-1;;+2/p-1. The second kappa shape index (κ2) is 3.80. The topological polar surface area (TPSA) is 0 Å². The Morgan fingerprint density at radius 1 is 1.07 bits per heavy atom. The van der Waals surface area contributed by atoms with Crippen molar-refractivity contribution in [2.24, 2.45) is 0 Å². The van der Waals surface area contributed by atoms with Gasteiger partial charge in [0.15, 0.2) is 0 Å². The van der Waals surface area contributed by atoms with E-state index in [-0.39, 0.29) is 46.1 Å². The third-order valence-corrected chi connectivity index (χ3v) is 2.27. The van der Waals surface area contributed by atoms with E-state index >= 15 is 0 Å². The van der Waals surface area contributed by atoms with E-state index in [1.807, 2.05) is 6.07 Å². The molecule has 0 unspecified atom stereocenters. The fourth-order valence-electron chi connectivity index (χ4n) is 0.617. The van der Waals surface area contributed by atoms with Crippen molar-refractivity contribution in [3.05, 3.63) is 30.3 Å². The summed E-state index contributed by atoms with van der Waals surface area (Å²) in [7, 11) is -9.46. The van der Waals surface area contributed by atoms with Crippen molar-refractivity contribution >= 4 is 33.3 Å². The quantitative estimate of drug-likeness (QED) is 0.408. The summed E-state index contributed by atoms with van der Waals surface area (Å²) in [6.45, 7) is 0. The molecule has 1 aromatic carbocycles. The molecule has 0 saturated heterocycles. The molecule has 0 amide bonds. The zero-order valence-electron chi connectivity index (χ0n) is 6.69. The molecule has 0 saturated carbocycles. The third kappa shape index (κ3) is 4.81. The van der Waals surface area contributed by atoms with Crippen molar-refractivity contribution in [1.29, 1.82) is 0 Å². The Kier molecular flexibility index (Phi) is 4.58. The van der Waals surface area contributed by atoms with Crippen LogP contribution in [0.5, 0.6) is 0 Å². The maximum absolute atomic E-state index is 11.9. The van der Waals surface area contributed by atoms with Crippen molar-refractivity contribution in [3.8, 4) is 0 Å². The summed E-state index contributed by atoms with van der Waals surface area (Å²) in [5, 5.41) is 0. The van der Waals surface area contributed by atoms with Crippen LogP contribution in [-0.4, -0.2) is 23.1 Å². The van der Waals surface area contributed by atoms with Gasteiger partial charge in [-0.15, -0.1) is 19.4 Å². The van der Waals surface area contributed by atoms with Crippen LogP contribution in [0, 0.1) is 6.07 Å². The van der Waals surface area contributed by atoms with Crippen LogP contribution < -0.4 is 17.0 Å². The summed E-state index contributed by atoms with van der Waals surface area (Å²) in [5.41, 5.74) is 0. The molecule has 0 spiro atoms. The fourth-order valence-corrected chi connectivity index (χ4v) is 1.24. The minimum absolute atomic E-state index is 0. The molecule has 0 heterocycles. The summed E-state index contributed by atoms with van der Waals surface area (Å²) in [6, 6.07) is 4.50. The molecule has 0 aromatic heterocycles. The molecule has 0 bridgehead atoms. The van der Waals surface area contributed by atoms with Crippen LogP contribution >= 0.6 is 10.2 Å². The van der Waals surface area contributed by atoms with Gasteiger partial charge >= 0.3 is 23.1 Å². The molecule has 0 aliphatic heterocycles. The Morgan fingerprint density at radius 3 is 1.79 bits per heavy atom. The van der Waals surface area contributed by atoms with Gasteiger partial charge in [-0.3, -0.25) is 0 Å². The number of rotatable bonds is 1. The van der Waals surface area contributed by atoms with E-state index in [9.17, 15) is 19.4 Å². The molecule has 1 rings (SSSR count). The zero-order valence-corrected chi connectivity index (χ0v) is 10.5. The average Bonchev–Trinajstić information content (AvgIpc) is 1.85. The molecular weight excluding hydrogens is 303 g/mol. The summed E-state index contributed by atoms with van der Waals surface area (Å²) in [6.07, 6.45) is 0. The van der Waals surface area contributed by atoms with Gasteiger partial charge in [0.2, 0.25) is 0 Å². The van der Waals surface area contributed by atoms with E-state index < -0.39 is 15.1 Å². The molecule has 0 atom stereocenters. The van der Waals surface area contributed by atoms with Crippen LogP contribution in [0.3, 0.4) is 0 Å². The Bertz CT molecular complexity index is 295. The van der Waals surface area contributed by atoms with Crippen LogP contribution in [0.25, 0.3) is 0 Å². The number of hydrogen-bond acceptors (Lipinski definition) is 0. The molecular formula is C6H4BrF5MgS. The Balaban J connectivity index is 0. The monoisotopic (exact) mass is 306 g/mol. The molecule has 0 aliphatic carbocycles. The van der Waals surface area contributed by atoms with E-state index in [1.54, 1.807) is 0 Å². The maximum Gasteiger partial charge on any atom is 2.00 e. The second-order valence-electron chi connectivity index (χ2n) is 2.21. The van der Waals surface area contributed by atoms with Crippen LogP contribution in [0.2, 0.25) is 0 Å². The van der Waals surface area contributed by atoms with Crippen molar-refractivity contribution in [3.63, 3.8) is 0 Å². The van der Waals surface area contributed by atoms with Gasteiger partial charge in [0, 0.05) is 0 Å². The minimum Gasteiger partial charge on any atom is -1.00 e. The summed E-state index contributed by atoms with van der Waals surface area (Å²) < 4.78 is 59.6. The molecule has 0 nitrogen and oxygen atoms in total. The molecule has 0 N–H and O–H groups in total. The molecule has 78 valence electrons. The summed E-state index contributed by atoms with van der Waals surface area (Å²) in [5.74, 6) is 0. The second-order valence-corrected chi connectivity index (χ2v) is 4.62. The molecule has 0 radical (unpaired) electrons. The van der Waals surface area contributed by atoms with Gasteiger partial charge in [0.25, 0.3) is 10.2 Å². The minimum atomic E-state index is -9.46. The predicted molar refractivity (Wildman–Crippen MR) is 42.4 cm³/mol. The SMILES string of the molecule is FS(F)(F)(F)(F)c1c[c-]ccc1.[Br-].[Mg+2]. The van der Waals surface area contributed by atoms with Crippen LogP contribution in [0.15, 0.2) is 29.2 Å². The van der Waals surface area contributed by atoms with E-state index in [0.29, 0.717) is 6.07 Å². The molecule has 0 aliphatic rings. The molecule has 0 fully saturated rings. The largest absolute Gasteiger partial charge is 2.00 e. The van der Waals surface area contributed by atoms with Gasteiger partial charge < -0.3 is 17.0 Å². The van der Waals surface area contributed by atoms with E-state index in [1.165, 1.54) is 0 Å². The van der Waals surface area contributed by atoms with Crippen molar-refractivity contribution in [2.45, 2.75) is 4.90 Å². The van der Waals surface area contributed by atoms with E-state index in [4.69, 9.17) is 0 Å². The van der Waals surface area contributed by atoms with E-state index in [2.05, 4.69) is 0 Å². The maximum atomic E-state index is 11.9. The van der Waals surface area contributed by atoms with Crippen molar-refractivity contribution in [2.75, 3.05) is 0 Å². The van der Waals surface area contributed by atoms with Gasteiger partial charge in [-0.25, -0.2) is 0 Å². The summed E-state index contributed by atoms with van der Waals surface area (Å²) >= 11 is 0. The predicted octanol–water partition coefficient (Wildman–Crippen LogP) is 0.767. The van der Waals surface area contributed by atoms with Gasteiger partial charge in [0.1, 0.15) is 0 Å². The van der Waals surface area contributed by atoms with Crippen LogP contribution in [-0.2, 0) is 0 Å². The fraction of sp³-hybridized carbons (Fsp3) is 0. The van der Waals surface area contributed by atoms with Gasteiger partial charge in [-0.2, -0.15) is 30.3 Å². The first kappa shape index (κ1) is 16.9. The van der Waals surface area contributed by atoms with Crippen LogP contribution in [0.4, 0.5) is 19.4 Å². The first-order valence-corrected chi connectivity index (χ1v) is 4.75. The molecule has 1 aromatic rings. The Hall–Kier alpha value is 0.466. The molecule has 14 heavy (non-hydrogen) atoms. The summed E-state index contributed by atoms with van der Waals surface area (Å²) in [4.78, 5) is -1.91. The van der Waals surface area contributed by atoms with Crippen molar-refractivity contribution in [1.82, 2.24) is 0 Å². The normalized spacial score (nSPS) is 15.5. The van der Waals surface area contributed by atoms with Gasteiger partial charge in [-0.1, -0.05) is 0 Å². The number of hydrogen-bond donors (Lipinski definition) is 0. The average molecular weight is 307 g/mol. The van der Waals surface area contributed by atoms with Gasteiger partial charge in [0.05, 0.1) is 0 Å². The van der Waals surface area contributed by atoms with Crippen LogP contribution in [0.1, 0.15) is 0 Å². The molecule has 8 heteroatoms. The smallest absolute Gasteiger partial charge is 1.00 e. The van der Waals surface area contributed by atoms with E-state index in [0.717, 1.165) is 12.1 Å². The Morgan fingerprint density at radius 2 is 1.57 bits per heavy atom. The number of halogens is 6. The Labute approximate surface area is 105 Å². The first-order valence-electron chi connectivity index (χ1n) is 2.80. The number of benzene rings is 1. The first-order chi connectivity index (χ1) is 5.09. The third-order valence-electron chi connectivity index (χ3n) is 1.12. The van der Waals surface area contributed by atoms with Crippen molar-refractivity contribution < 1.29 is 36.4 Å². The zero-order chi connectivity index (χ0) is 9.52. The van der Waals surface area contributed by atoms with Gasteiger partial charge in [-0.05, 0) is 4.90 Å².